The van der Waals surface area contributed by atoms with E-state index in [1.54, 1.807) is 18.2 Å². The third kappa shape index (κ3) is 5.66. The number of aromatic nitrogens is 6. The Morgan fingerprint density at radius 1 is 1.15 bits per heavy atom. The van der Waals surface area contributed by atoms with Gasteiger partial charge in [-0.2, -0.15) is 9.37 Å². The van der Waals surface area contributed by atoms with Crippen molar-refractivity contribution in [1.29, 1.82) is 0 Å². The third-order valence-corrected chi connectivity index (χ3v) is 7.43. The highest BCUT2D eigenvalue weighted by molar-refractivity contribution is 6.30. The van der Waals surface area contributed by atoms with E-state index in [1.165, 1.54) is 12.3 Å². The Hall–Kier alpha value is -3.96. The Bertz CT molecular complexity index is 1590. The van der Waals surface area contributed by atoms with Crippen molar-refractivity contribution in [2.45, 2.75) is 51.4 Å². The van der Waals surface area contributed by atoms with Gasteiger partial charge >= 0.3 is 5.97 Å². The molecule has 206 valence electrons. The first-order valence-corrected chi connectivity index (χ1v) is 13.5. The van der Waals surface area contributed by atoms with Crippen molar-refractivity contribution in [3.63, 3.8) is 0 Å². The predicted molar refractivity (Wildman–Crippen MR) is 143 cm³/mol. The number of pyridine rings is 2. The van der Waals surface area contributed by atoms with Crippen LogP contribution in [0.5, 0.6) is 5.88 Å². The lowest BCUT2D eigenvalue weighted by Gasteiger charge is -2.28. The molecule has 4 aromatic heterocycles. The minimum atomic E-state index is -1.07. The molecular formula is C28H26ClFN6O4. The third-order valence-electron chi connectivity index (χ3n) is 7.21. The molecule has 1 N–H and O–H groups in total. The number of ether oxygens (including phenoxy) is 2. The zero-order chi connectivity index (χ0) is 27.6. The van der Waals surface area contributed by atoms with Crippen LogP contribution in [-0.2, 0) is 24.3 Å². The molecule has 0 aromatic carbocycles. The Morgan fingerprint density at radius 2 is 2.02 bits per heavy atom. The largest absolute Gasteiger partial charge is 0.477 e. The topological polar surface area (TPSA) is 125 Å². The average molecular weight is 565 g/mol. The summed E-state index contributed by atoms with van der Waals surface area (Å²) in [5.74, 6) is -0.205. The van der Waals surface area contributed by atoms with E-state index in [0.29, 0.717) is 46.6 Å². The minimum Gasteiger partial charge on any atom is -0.477 e. The molecule has 0 radical (unpaired) electrons. The van der Waals surface area contributed by atoms with E-state index in [1.807, 2.05) is 4.57 Å². The highest BCUT2D eigenvalue weighted by Gasteiger charge is 2.26. The Kier molecular flexibility index (Phi) is 7.40. The summed E-state index contributed by atoms with van der Waals surface area (Å²) in [6.45, 7) is 1.38. The van der Waals surface area contributed by atoms with Gasteiger partial charge in [0, 0.05) is 19.2 Å². The Labute approximate surface area is 233 Å². The maximum absolute atomic E-state index is 14.4. The zero-order valence-electron chi connectivity index (χ0n) is 21.5. The molecule has 0 bridgehead atoms. The summed E-state index contributed by atoms with van der Waals surface area (Å²) in [6, 6.07) is 6.59. The van der Waals surface area contributed by atoms with Gasteiger partial charge in [0.25, 0.3) is 5.88 Å². The molecule has 1 saturated heterocycles. The number of carboxylic acid groups (broad SMARTS) is 1. The smallest absolute Gasteiger partial charge is 0.354 e. The van der Waals surface area contributed by atoms with E-state index in [2.05, 4.69) is 26.0 Å². The molecule has 4 aromatic rings. The molecule has 12 heteroatoms. The van der Waals surface area contributed by atoms with Crippen LogP contribution in [0.25, 0.3) is 16.7 Å². The SMILES string of the molecule is O=C(O)c1ccc2nc(CC3CC=C(c4ncc(F)c(OCc5ccc(Cl)cn5)n4)CC3)n(C[C@@H]3CCO3)c2n1. The number of rotatable bonds is 9. The van der Waals surface area contributed by atoms with Crippen molar-refractivity contribution < 1.29 is 23.8 Å². The molecule has 2 atom stereocenters. The van der Waals surface area contributed by atoms with Crippen LogP contribution in [0, 0.1) is 11.7 Å². The van der Waals surface area contributed by atoms with Gasteiger partial charge in [-0.05, 0) is 61.4 Å². The van der Waals surface area contributed by atoms with Crippen molar-refractivity contribution in [1.82, 2.24) is 29.5 Å². The Balaban J connectivity index is 1.16. The van der Waals surface area contributed by atoms with Crippen LogP contribution in [0.2, 0.25) is 5.02 Å². The van der Waals surface area contributed by atoms with Gasteiger partial charge in [-0.1, -0.05) is 17.7 Å². The maximum atomic E-state index is 14.4. The average Bonchev–Trinajstić information content (AvgIpc) is 3.27. The first-order valence-electron chi connectivity index (χ1n) is 13.1. The van der Waals surface area contributed by atoms with Crippen LogP contribution in [0.3, 0.4) is 0 Å². The summed E-state index contributed by atoms with van der Waals surface area (Å²) in [6.07, 6.45) is 8.83. The zero-order valence-corrected chi connectivity index (χ0v) is 22.2. The van der Waals surface area contributed by atoms with Crippen LogP contribution in [-0.4, -0.2) is 53.3 Å². The molecule has 1 aliphatic heterocycles. The fraction of sp³-hybridized carbons (Fsp3) is 0.357. The summed E-state index contributed by atoms with van der Waals surface area (Å²) >= 11 is 5.86. The van der Waals surface area contributed by atoms with Gasteiger partial charge in [0.2, 0.25) is 5.82 Å². The normalized spacial score (nSPS) is 18.8. The van der Waals surface area contributed by atoms with E-state index < -0.39 is 11.8 Å². The van der Waals surface area contributed by atoms with E-state index in [0.717, 1.165) is 49.9 Å². The number of halogens is 2. The van der Waals surface area contributed by atoms with Crippen LogP contribution < -0.4 is 4.74 Å². The number of carbonyl (C=O) groups is 1. The summed E-state index contributed by atoms with van der Waals surface area (Å²) < 4.78 is 27.6. The van der Waals surface area contributed by atoms with Crippen molar-refractivity contribution in [2.24, 2.45) is 5.92 Å². The van der Waals surface area contributed by atoms with Crippen molar-refractivity contribution in [2.75, 3.05) is 6.61 Å². The molecule has 1 aliphatic carbocycles. The number of imidazole rings is 1. The van der Waals surface area contributed by atoms with Crippen LogP contribution in [0.15, 0.2) is 42.7 Å². The molecule has 6 rings (SSSR count). The number of carboxylic acids is 1. The summed E-state index contributed by atoms with van der Waals surface area (Å²) in [4.78, 5) is 33.4. The molecule has 40 heavy (non-hydrogen) atoms. The van der Waals surface area contributed by atoms with Gasteiger partial charge in [-0.15, -0.1) is 0 Å². The second-order valence-electron chi connectivity index (χ2n) is 9.94. The van der Waals surface area contributed by atoms with E-state index >= 15 is 0 Å². The molecule has 0 amide bonds. The number of hydrogen-bond donors (Lipinski definition) is 1. The van der Waals surface area contributed by atoms with E-state index in [-0.39, 0.29) is 24.3 Å². The van der Waals surface area contributed by atoms with Crippen molar-refractivity contribution in [3.05, 3.63) is 76.6 Å². The molecule has 2 aliphatic rings. The van der Waals surface area contributed by atoms with Gasteiger partial charge in [0.15, 0.2) is 17.2 Å². The molecule has 1 unspecified atom stereocenters. The van der Waals surface area contributed by atoms with Crippen LogP contribution >= 0.6 is 11.6 Å². The fourth-order valence-electron chi connectivity index (χ4n) is 4.92. The fourth-order valence-corrected chi connectivity index (χ4v) is 5.04. The van der Waals surface area contributed by atoms with Crippen LogP contribution in [0.4, 0.5) is 4.39 Å². The number of nitrogens with zero attached hydrogens (tertiary/aromatic N) is 6. The van der Waals surface area contributed by atoms with Crippen LogP contribution in [0.1, 0.15) is 53.5 Å². The molecule has 0 saturated carbocycles. The standard InChI is InChI=1S/C28H26ClFN6O4/c29-18-5-6-19(31-12-18)15-40-27-21(30)13-32-25(35-27)17-3-1-16(2-4-17)11-24-33-22-7-8-23(28(37)38)34-26(22)36(24)14-20-9-10-39-20/h3,5-8,12-13,16,20H,1-2,4,9-11,14-15H2,(H,37,38)/t16?,20-/m0/s1. The quantitative estimate of drug-likeness (QED) is 0.302. The summed E-state index contributed by atoms with van der Waals surface area (Å²) in [5.41, 5.74) is 2.78. The molecule has 10 nitrogen and oxygen atoms in total. The van der Waals surface area contributed by atoms with Gasteiger partial charge in [-0.3, -0.25) is 4.98 Å². The molecular weight excluding hydrogens is 539 g/mol. The number of fused-ring (bicyclic) bond motifs is 1. The summed E-state index contributed by atoms with van der Waals surface area (Å²) in [5, 5.41) is 9.92. The van der Waals surface area contributed by atoms with Gasteiger partial charge in [0.1, 0.15) is 17.9 Å². The summed E-state index contributed by atoms with van der Waals surface area (Å²) in [7, 11) is 0. The number of aromatic carboxylic acids is 1. The molecule has 1 fully saturated rings. The van der Waals surface area contributed by atoms with Crippen molar-refractivity contribution >= 4 is 34.3 Å². The molecule has 5 heterocycles. The number of allylic oxidation sites excluding steroid dienone is 2. The lowest BCUT2D eigenvalue weighted by atomic mass is 9.87. The predicted octanol–water partition coefficient (Wildman–Crippen LogP) is 4.90. The van der Waals surface area contributed by atoms with Gasteiger partial charge in [-0.25, -0.2) is 19.7 Å². The number of hydrogen-bond acceptors (Lipinski definition) is 8. The Morgan fingerprint density at radius 3 is 2.73 bits per heavy atom. The highest BCUT2D eigenvalue weighted by atomic mass is 35.5. The lowest BCUT2D eigenvalue weighted by molar-refractivity contribution is -0.0591. The minimum absolute atomic E-state index is 0.00737. The lowest BCUT2D eigenvalue weighted by Crippen LogP contribution is -2.32. The first-order chi connectivity index (χ1) is 19.4. The van der Waals surface area contributed by atoms with E-state index in [9.17, 15) is 14.3 Å². The second-order valence-corrected chi connectivity index (χ2v) is 10.4. The van der Waals surface area contributed by atoms with E-state index in [4.69, 9.17) is 26.1 Å². The highest BCUT2D eigenvalue weighted by Crippen LogP contribution is 2.32. The maximum Gasteiger partial charge on any atom is 0.354 e. The second kappa shape index (κ2) is 11.3. The molecule has 0 spiro atoms. The monoisotopic (exact) mass is 564 g/mol. The van der Waals surface area contributed by atoms with Crippen molar-refractivity contribution in [3.8, 4) is 5.88 Å². The van der Waals surface area contributed by atoms with Gasteiger partial charge < -0.3 is 19.1 Å². The first kappa shape index (κ1) is 26.3. The van der Waals surface area contributed by atoms with Gasteiger partial charge in [0.05, 0.1) is 29.6 Å².